The van der Waals surface area contributed by atoms with Gasteiger partial charge in [0.05, 0.1) is 0 Å². The number of rotatable bonds is 4. The fraction of sp³-hybridized carbons (Fsp3) is 0.357. The summed E-state index contributed by atoms with van der Waals surface area (Å²) in [4.78, 5) is 25.7. The van der Waals surface area contributed by atoms with Gasteiger partial charge < -0.3 is 9.84 Å². The molecule has 0 atom stereocenters. The van der Waals surface area contributed by atoms with Crippen molar-refractivity contribution < 1.29 is 14.6 Å². The summed E-state index contributed by atoms with van der Waals surface area (Å²) in [5.41, 5.74) is -1.23. The molecule has 1 heterocycles. The molecule has 0 bridgehead atoms. The molecule has 1 amide bonds. The lowest BCUT2D eigenvalue weighted by Gasteiger charge is -2.18. The maximum absolute atomic E-state index is 11.8. The van der Waals surface area contributed by atoms with Crippen LogP contribution in [0.3, 0.4) is 0 Å². The van der Waals surface area contributed by atoms with E-state index in [0.717, 1.165) is 0 Å². The molecular weight excluding hydrogens is 306 g/mol. The Kier molecular flexibility index (Phi) is 5.69. The number of nitrogens with zero attached hydrogens (tertiary/aromatic N) is 1. The van der Waals surface area contributed by atoms with Gasteiger partial charge in [0.1, 0.15) is 11.2 Å². The molecule has 22 heavy (non-hydrogen) atoms. The summed E-state index contributed by atoms with van der Waals surface area (Å²) in [5, 5.41) is 12.4. The number of allylic oxidation sites excluding steroid dienone is 1. The number of carbonyl (C=O) groups is 1. The molecule has 0 aliphatic rings. The van der Waals surface area contributed by atoms with Gasteiger partial charge in [-0.3, -0.25) is 19.7 Å². The maximum Gasteiger partial charge on any atom is 0.411 e. The molecule has 0 fully saturated rings. The van der Waals surface area contributed by atoms with Crippen molar-refractivity contribution in [2.24, 2.45) is 0 Å². The van der Waals surface area contributed by atoms with Crippen LogP contribution in [-0.2, 0) is 11.3 Å². The van der Waals surface area contributed by atoms with Crippen LogP contribution in [0.2, 0.25) is 0 Å². The number of carbonyl (C=O) groups excluding carboxylic acids is 1. The molecule has 0 aromatic carbocycles. The molecule has 0 saturated heterocycles. The highest BCUT2D eigenvalue weighted by Gasteiger charge is 2.15. The summed E-state index contributed by atoms with van der Waals surface area (Å²) in [6, 6.07) is 0. The lowest BCUT2D eigenvalue weighted by molar-refractivity contribution is 0.0553. The van der Waals surface area contributed by atoms with Crippen LogP contribution in [0.25, 0.3) is 6.08 Å². The van der Waals surface area contributed by atoms with Gasteiger partial charge in [0.15, 0.2) is 4.77 Å². The molecule has 1 aromatic rings. The maximum atomic E-state index is 11.8. The Morgan fingerprint density at radius 1 is 1.55 bits per heavy atom. The van der Waals surface area contributed by atoms with Gasteiger partial charge >= 0.3 is 6.09 Å². The van der Waals surface area contributed by atoms with E-state index in [1.807, 2.05) is 0 Å². The molecule has 0 aliphatic heterocycles. The summed E-state index contributed by atoms with van der Waals surface area (Å²) < 4.78 is 6.42. The van der Waals surface area contributed by atoms with Crippen molar-refractivity contribution in [2.75, 3.05) is 0 Å². The number of hydrogen-bond acceptors (Lipinski definition) is 5. The first-order chi connectivity index (χ1) is 10.2. The predicted molar refractivity (Wildman–Crippen MR) is 86.2 cm³/mol. The number of H-pyrrole nitrogens is 1. The van der Waals surface area contributed by atoms with E-state index in [1.165, 1.54) is 22.9 Å². The minimum absolute atomic E-state index is 0.0356. The van der Waals surface area contributed by atoms with Crippen molar-refractivity contribution in [1.29, 1.82) is 0 Å². The van der Waals surface area contributed by atoms with Gasteiger partial charge in [0.25, 0.3) is 5.56 Å². The van der Waals surface area contributed by atoms with Crippen LogP contribution in [0.1, 0.15) is 26.3 Å². The Bertz CT molecular complexity index is 710. The van der Waals surface area contributed by atoms with Crippen LogP contribution in [0, 0.1) is 4.77 Å². The van der Waals surface area contributed by atoms with Crippen LogP contribution >= 0.6 is 12.2 Å². The molecule has 7 nitrogen and oxygen atoms in total. The molecule has 0 unspecified atom stereocenters. The van der Waals surface area contributed by atoms with Gasteiger partial charge in [-0.15, -0.1) is 6.58 Å². The van der Waals surface area contributed by atoms with Gasteiger partial charge in [-0.25, -0.2) is 4.79 Å². The molecule has 120 valence electrons. The van der Waals surface area contributed by atoms with E-state index in [-0.39, 0.29) is 22.8 Å². The third-order valence-electron chi connectivity index (χ3n) is 2.37. The first kappa shape index (κ1) is 17.7. The van der Waals surface area contributed by atoms with E-state index in [0.29, 0.717) is 0 Å². The van der Waals surface area contributed by atoms with Gasteiger partial charge in [0, 0.05) is 12.7 Å². The van der Waals surface area contributed by atoms with Gasteiger partial charge in [0.2, 0.25) is 5.88 Å². The quantitative estimate of drug-likeness (QED) is 0.583. The van der Waals surface area contributed by atoms with E-state index < -0.39 is 17.3 Å². The topological polar surface area (TPSA) is 96.3 Å². The number of aromatic nitrogens is 2. The molecule has 1 rings (SSSR count). The first-order valence-corrected chi connectivity index (χ1v) is 6.89. The Labute approximate surface area is 132 Å². The molecular formula is C14H19N3O4S. The largest absolute Gasteiger partial charge is 0.494 e. The zero-order chi connectivity index (χ0) is 16.9. The third-order valence-corrected chi connectivity index (χ3v) is 2.69. The molecule has 3 N–H and O–H groups in total. The van der Waals surface area contributed by atoms with Crippen molar-refractivity contribution >= 4 is 24.4 Å². The molecule has 1 aromatic heterocycles. The number of amides is 1. The van der Waals surface area contributed by atoms with Crippen LogP contribution in [0.5, 0.6) is 5.88 Å². The predicted octanol–water partition coefficient (Wildman–Crippen LogP) is 2.29. The van der Waals surface area contributed by atoms with Crippen LogP contribution in [-0.4, -0.2) is 26.4 Å². The van der Waals surface area contributed by atoms with Crippen LogP contribution in [0.4, 0.5) is 4.79 Å². The normalized spacial score (nSPS) is 11.4. The summed E-state index contributed by atoms with van der Waals surface area (Å²) in [6.45, 7) is 8.97. The number of hydrogen-bond donors (Lipinski definition) is 3. The van der Waals surface area contributed by atoms with E-state index >= 15 is 0 Å². The lowest BCUT2D eigenvalue weighted by atomic mass is 10.2. The zero-order valence-electron chi connectivity index (χ0n) is 12.7. The van der Waals surface area contributed by atoms with E-state index in [2.05, 4.69) is 16.9 Å². The van der Waals surface area contributed by atoms with E-state index in [4.69, 9.17) is 17.0 Å². The summed E-state index contributed by atoms with van der Waals surface area (Å²) in [7, 11) is 0. The molecule has 0 radical (unpaired) electrons. The monoisotopic (exact) mass is 325 g/mol. The summed E-state index contributed by atoms with van der Waals surface area (Å²) >= 11 is 4.95. The van der Waals surface area contributed by atoms with Crippen LogP contribution < -0.4 is 10.9 Å². The minimum atomic E-state index is -0.668. The molecule has 8 heteroatoms. The number of ether oxygens (including phenoxy) is 1. The second kappa shape index (κ2) is 7.08. The van der Waals surface area contributed by atoms with Gasteiger partial charge in [-0.05, 0) is 39.1 Å². The van der Waals surface area contributed by atoms with Crippen molar-refractivity contribution in [3.8, 4) is 5.88 Å². The number of alkyl carbamates (subject to hydrolysis) is 1. The average Bonchev–Trinajstić information content (AvgIpc) is 2.36. The van der Waals surface area contributed by atoms with Crippen molar-refractivity contribution in [3.63, 3.8) is 0 Å². The average molecular weight is 325 g/mol. The van der Waals surface area contributed by atoms with E-state index in [1.54, 1.807) is 20.8 Å². The second-order valence-electron chi connectivity index (χ2n) is 5.38. The Morgan fingerprint density at radius 3 is 2.73 bits per heavy atom. The number of aromatic hydroxyl groups is 1. The van der Waals surface area contributed by atoms with Crippen LogP contribution in [0.15, 0.2) is 23.6 Å². The van der Waals surface area contributed by atoms with Gasteiger partial charge in [-0.1, -0.05) is 6.08 Å². The highest BCUT2D eigenvalue weighted by atomic mass is 32.1. The fourth-order valence-corrected chi connectivity index (χ4v) is 1.78. The Hall–Kier alpha value is -2.35. The van der Waals surface area contributed by atoms with Gasteiger partial charge in [-0.2, -0.15) is 0 Å². The smallest absolute Gasteiger partial charge is 0.411 e. The van der Waals surface area contributed by atoms with Crippen molar-refractivity contribution in [2.45, 2.75) is 32.9 Å². The summed E-state index contributed by atoms with van der Waals surface area (Å²) in [5.74, 6) is -0.309. The number of nitrogens with one attached hydrogen (secondary N) is 2. The molecule has 0 aliphatic carbocycles. The highest BCUT2D eigenvalue weighted by molar-refractivity contribution is 7.71. The first-order valence-electron chi connectivity index (χ1n) is 6.48. The Morgan fingerprint density at radius 2 is 2.18 bits per heavy atom. The summed E-state index contributed by atoms with van der Waals surface area (Å²) in [6.07, 6.45) is 3.32. The SMILES string of the molecule is C=CCn1c(O)c(C=CNC(=O)OC(C)(C)C)c(=O)[nH]c1=S. The molecule has 0 saturated carbocycles. The highest BCUT2D eigenvalue weighted by Crippen LogP contribution is 2.14. The third kappa shape index (κ3) is 4.88. The fourth-order valence-electron chi connectivity index (χ4n) is 1.52. The van der Waals surface area contributed by atoms with Crippen molar-refractivity contribution in [1.82, 2.24) is 14.9 Å². The Balaban J connectivity index is 2.99. The standard InChI is InChI=1S/C14H19N3O4S/c1-5-8-17-11(19)9(10(18)16-12(17)22)6-7-15-13(20)21-14(2,3)4/h5-7,19H,1,8H2,2-4H3,(H,15,20)(H,16,18,22). The lowest BCUT2D eigenvalue weighted by Crippen LogP contribution is -2.29. The number of aromatic amines is 1. The zero-order valence-corrected chi connectivity index (χ0v) is 13.5. The molecule has 0 spiro atoms. The van der Waals surface area contributed by atoms with Crippen molar-refractivity contribution in [3.05, 3.63) is 39.5 Å². The minimum Gasteiger partial charge on any atom is -0.494 e. The second-order valence-corrected chi connectivity index (χ2v) is 5.76. The van der Waals surface area contributed by atoms with E-state index in [9.17, 15) is 14.7 Å².